The quantitative estimate of drug-likeness (QED) is 0.452. The molecule has 1 amide bonds. The van der Waals surface area contributed by atoms with Crippen molar-refractivity contribution >= 4 is 28.2 Å². The van der Waals surface area contributed by atoms with Gasteiger partial charge in [0.05, 0.1) is 23.1 Å². The topological polar surface area (TPSA) is 130 Å². The number of hydrogen-bond donors (Lipinski definition) is 5. The number of fused-ring (bicyclic) bond motifs is 1. The molecule has 0 bridgehead atoms. The number of carbonyl (C=O) groups is 1. The number of hydrogen-bond acceptors (Lipinski definition) is 5. The molecule has 1 atom stereocenters. The average Bonchev–Trinajstić information content (AvgIpc) is 2.72. The fourth-order valence-corrected chi connectivity index (χ4v) is 1.47. The van der Waals surface area contributed by atoms with Gasteiger partial charge in [0.1, 0.15) is 6.10 Å². The Kier molecular flexibility index (Phi) is 2.84. The number of nitrogen functional groups attached to an aromatic ring is 1. The number of aromatic amines is 1. The van der Waals surface area contributed by atoms with E-state index in [0.29, 0.717) is 11.4 Å². The van der Waals surface area contributed by atoms with E-state index in [1.165, 1.54) is 0 Å². The molecule has 0 spiro atoms. The van der Waals surface area contributed by atoms with E-state index in [0.717, 1.165) is 10.9 Å². The second-order valence-corrected chi connectivity index (χ2v) is 3.70. The van der Waals surface area contributed by atoms with Crippen molar-refractivity contribution in [2.45, 2.75) is 6.10 Å². The molecule has 1 aromatic carbocycles. The molecule has 17 heavy (non-hydrogen) atoms. The lowest BCUT2D eigenvalue weighted by molar-refractivity contribution is -0.125. The number of amides is 1. The summed E-state index contributed by atoms with van der Waals surface area (Å²) in [6.45, 7) is 0.0131. The van der Waals surface area contributed by atoms with Crippen molar-refractivity contribution in [3.8, 4) is 0 Å². The first-order valence-corrected chi connectivity index (χ1v) is 5.02. The number of primary amides is 1. The Labute approximate surface area is 96.8 Å². The van der Waals surface area contributed by atoms with E-state index in [4.69, 9.17) is 11.5 Å². The molecule has 0 aliphatic rings. The average molecular weight is 235 g/mol. The highest BCUT2D eigenvalue weighted by Gasteiger charge is 2.11. The SMILES string of the molecule is NC(=O)C(O)CNc1cc2[nH]ncc2cc1N. The van der Waals surface area contributed by atoms with E-state index >= 15 is 0 Å². The van der Waals surface area contributed by atoms with Gasteiger partial charge in [-0.2, -0.15) is 5.10 Å². The largest absolute Gasteiger partial charge is 0.397 e. The molecule has 0 fully saturated rings. The number of H-pyrrole nitrogens is 1. The summed E-state index contributed by atoms with van der Waals surface area (Å²) in [6.07, 6.45) is 0.417. The van der Waals surface area contributed by atoms with Crippen molar-refractivity contribution in [2.24, 2.45) is 5.73 Å². The van der Waals surface area contributed by atoms with Gasteiger partial charge in [-0.25, -0.2) is 0 Å². The summed E-state index contributed by atoms with van der Waals surface area (Å²) in [5.41, 5.74) is 12.7. The van der Waals surface area contributed by atoms with Crippen LogP contribution in [0.1, 0.15) is 0 Å². The molecule has 0 aliphatic heterocycles. The molecular weight excluding hydrogens is 222 g/mol. The molecule has 90 valence electrons. The van der Waals surface area contributed by atoms with E-state index in [1.54, 1.807) is 18.3 Å². The van der Waals surface area contributed by atoms with Crippen molar-refractivity contribution in [3.63, 3.8) is 0 Å². The summed E-state index contributed by atoms with van der Waals surface area (Å²) in [7, 11) is 0. The fourth-order valence-electron chi connectivity index (χ4n) is 1.47. The summed E-state index contributed by atoms with van der Waals surface area (Å²) in [5.74, 6) is -0.779. The first-order valence-electron chi connectivity index (χ1n) is 5.02. The molecule has 0 radical (unpaired) electrons. The van der Waals surface area contributed by atoms with Crippen LogP contribution in [0, 0.1) is 0 Å². The van der Waals surface area contributed by atoms with Gasteiger partial charge in [-0.3, -0.25) is 9.89 Å². The van der Waals surface area contributed by atoms with Crippen LogP contribution in [0.4, 0.5) is 11.4 Å². The van der Waals surface area contributed by atoms with E-state index in [9.17, 15) is 9.90 Å². The number of anilines is 2. The van der Waals surface area contributed by atoms with Crippen LogP contribution in [-0.4, -0.2) is 33.9 Å². The molecule has 1 heterocycles. The maximum absolute atomic E-state index is 10.7. The number of aromatic nitrogens is 2. The van der Waals surface area contributed by atoms with Crippen LogP contribution >= 0.6 is 0 Å². The zero-order valence-corrected chi connectivity index (χ0v) is 8.97. The maximum Gasteiger partial charge on any atom is 0.248 e. The Morgan fingerprint density at radius 1 is 1.59 bits per heavy atom. The molecule has 7 N–H and O–H groups in total. The lowest BCUT2D eigenvalue weighted by Crippen LogP contribution is -2.34. The summed E-state index contributed by atoms with van der Waals surface area (Å²) in [5, 5.41) is 19.7. The lowest BCUT2D eigenvalue weighted by atomic mass is 10.2. The Hall–Kier alpha value is -2.28. The highest BCUT2D eigenvalue weighted by atomic mass is 16.3. The smallest absolute Gasteiger partial charge is 0.248 e. The summed E-state index contributed by atoms with van der Waals surface area (Å²) >= 11 is 0. The first kappa shape index (κ1) is 11.2. The number of nitrogens with one attached hydrogen (secondary N) is 2. The van der Waals surface area contributed by atoms with E-state index in [2.05, 4.69) is 15.5 Å². The zero-order chi connectivity index (χ0) is 12.4. The van der Waals surface area contributed by atoms with Crippen molar-refractivity contribution in [2.75, 3.05) is 17.6 Å². The van der Waals surface area contributed by atoms with Crippen molar-refractivity contribution in [3.05, 3.63) is 18.3 Å². The van der Waals surface area contributed by atoms with E-state index < -0.39 is 12.0 Å². The molecule has 2 aromatic rings. The number of aliphatic hydroxyl groups excluding tert-OH is 1. The van der Waals surface area contributed by atoms with Crippen molar-refractivity contribution in [1.29, 1.82) is 0 Å². The molecule has 7 heteroatoms. The summed E-state index contributed by atoms with van der Waals surface area (Å²) in [6, 6.07) is 3.50. The minimum absolute atomic E-state index is 0.0131. The molecule has 1 unspecified atom stereocenters. The van der Waals surface area contributed by atoms with Gasteiger partial charge in [0, 0.05) is 11.9 Å². The molecule has 0 saturated heterocycles. The molecule has 1 aromatic heterocycles. The predicted molar refractivity (Wildman–Crippen MR) is 64.2 cm³/mol. The maximum atomic E-state index is 10.7. The molecule has 7 nitrogen and oxygen atoms in total. The van der Waals surface area contributed by atoms with Crippen LogP contribution in [0.25, 0.3) is 10.9 Å². The first-order chi connectivity index (χ1) is 8.08. The minimum Gasteiger partial charge on any atom is -0.397 e. The van der Waals surface area contributed by atoms with Gasteiger partial charge in [-0.1, -0.05) is 0 Å². The molecule has 0 aliphatic carbocycles. The number of carbonyl (C=O) groups excluding carboxylic acids is 1. The van der Waals surface area contributed by atoms with Crippen LogP contribution in [0.15, 0.2) is 18.3 Å². The third kappa shape index (κ3) is 2.28. The minimum atomic E-state index is -1.24. The Bertz CT molecular complexity index is 551. The predicted octanol–water partition coefficient (Wildman–Crippen LogP) is -0.597. The van der Waals surface area contributed by atoms with Crippen LogP contribution in [0.2, 0.25) is 0 Å². The Morgan fingerprint density at radius 2 is 2.35 bits per heavy atom. The Balaban J connectivity index is 2.17. The van der Waals surface area contributed by atoms with Crippen LogP contribution in [0.3, 0.4) is 0 Å². The van der Waals surface area contributed by atoms with Gasteiger partial charge in [0.25, 0.3) is 0 Å². The monoisotopic (exact) mass is 235 g/mol. The number of rotatable bonds is 4. The van der Waals surface area contributed by atoms with E-state index in [1.807, 2.05) is 0 Å². The highest BCUT2D eigenvalue weighted by Crippen LogP contribution is 2.24. The molecule has 0 saturated carbocycles. The summed E-state index contributed by atoms with van der Waals surface area (Å²) in [4.78, 5) is 10.7. The van der Waals surface area contributed by atoms with Gasteiger partial charge in [0.15, 0.2) is 0 Å². The second-order valence-electron chi connectivity index (χ2n) is 3.70. The van der Waals surface area contributed by atoms with Crippen molar-refractivity contribution in [1.82, 2.24) is 10.2 Å². The summed E-state index contributed by atoms with van der Waals surface area (Å²) < 4.78 is 0. The van der Waals surface area contributed by atoms with Gasteiger partial charge < -0.3 is 21.9 Å². The highest BCUT2D eigenvalue weighted by molar-refractivity contribution is 5.88. The number of aliphatic hydroxyl groups is 1. The van der Waals surface area contributed by atoms with Gasteiger partial charge in [0.2, 0.25) is 5.91 Å². The van der Waals surface area contributed by atoms with Gasteiger partial charge in [-0.15, -0.1) is 0 Å². The van der Waals surface area contributed by atoms with Crippen LogP contribution < -0.4 is 16.8 Å². The lowest BCUT2D eigenvalue weighted by Gasteiger charge is -2.11. The van der Waals surface area contributed by atoms with Crippen molar-refractivity contribution < 1.29 is 9.90 Å². The molecular formula is C10H13N5O2. The number of benzene rings is 1. The normalized spacial score (nSPS) is 12.5. The second kappa shape index (κ2) is 4.30. The standard InChI is InChI=1S/C10H13N5O2/c11-6-1-5-3-14-15-7(5)2-8(6)13-4-9(16)10(12)17/h1-3,9,13,16H,4,11H2,(H2,12,17)(H,14,15). The number of nitrogens with two attached hydrogens (primary N) is 2. The van der Waals surface area contributed by atoms with Gasteiger partial charge in [-0.05, 0) is 12.1 Å². The Morgan fingerprint density at radius 3 is 3.06 bits per heavy atom. The third-order valence-corrected chi connectivity index (χ3v) is 2.42. The third-order valence-electron chi connectivity index (χ3n) is 2.42. The molecule has 2 rings (SSSR count). The van der Waals surface area contributed by atoms with E-state index in [-0.39, 0.29) is 6.54 Å². The fraction of sp³-hybridized carbons (Fsp3) is 0.200. The zero-order valence-electron chi connectivity index (χ0n) is 8.97. The van der Waals surface area contributed by atoms with Crippen LogP contribution in [-0.2, 0) is 4.79 Å². The van der Waals surface area contributed by atoms with Crippen LogP contribution in [0.5, 0.6) is 0 Å². The van der Waals surface area contributed by atoms with Gasteiger partial charge >= 0.3 is 0 Å². The number of nitrogens with zero attached hydrogens (tertiary/aromatic N) is 1.